The van der Waals surface area contributed by atoms with Gasteiger partial charge in [-0.1, -0.05) is 37.3 Å². The number of carbonyl (C=O) groups is 1. The van der Waals surface area contributed by atoms with Crippen molar-refractivity contribution in [3.63, 3.8) is 0 Å². The summed E-state index contributed by atoms with van der Waals surface area (Å²) in [4.78, 5) is 32.7. The number of nitrogens with zero attached hydrogens (tertiary/aromatic N) is 3. The van der Waals surface area contributed by atoms with Crippen molar-refractivity contribution < 1.29 is 9.53 Å². The highest BCUT2D eigenvalue weighted by molar-refractivity contribution is 5.89. The monoisotopic (exact) mass is 455 g/mol. The van der Waals surface area contributed by atoms with Crippen molar-refractivity contribution in [3.8, 4) is 5.69 Å². The SMILES string of the molecule is CCCc1nc2cccc(CN(C)c3ccc(C(=O)OCC)cc3)c2c(=O)n1-c1ccccc1. The molecule has 0 aliphatic rings. The van der Waals surface area contributed by atoms with Crippen LogP contribution in [-0.2, 0) is 17.7 Å². The quantitative estimate of drug-likeness (QED) is 0.344. The third-order valence-corrected chi connectivity index (χ3v) is 5.77. The Balaban J connectivity index is 1.73. The van der Waals surface area contributed by atoms with Crippen LogP contribution in [0.3, 0.4) is 0 Å². The molecule has 0 fully saturated rings. The molecule has 0 unspecified atom stereocenters. The van der Waals surface area contributed by atoms with E-state index >= 15 is 0 Å². The Morgan fingerprint density at radius 2 is 1.71 bits per heavy atom. The molecule has 0 atom stereocenters. The molecule has 1 aromatic heterocycles. The molecule has 0 amide bonds. The normalized spacial score (nSPS) is 10.9. The molecule has 4 rings (SSSR count). The maximum Gasteiger partial charge on any atom is 0.338 e. The van der Waals surface area contributed by atoms with E-state index in [0.29, 0.717) is 29.6 Å². The summed E-state index contributed by atoms with van der Waals surface area (Å²) in [6.07, 6.45) is 1.62. The largest absolute Gasteiger partial charge is 0.462 e. The third-order valence-electron chi connectivity index (χ3n) is 5.77. The van der Waals surface area contributed by atoms with Gasteiger partial charge in [-0.3, -0.25) is 9.36 Å². The van der Waals surface area contributed by atoms with Gasteiger partial charge in [-0.2, -0.15) is 0 Å². The van der Waals surface area contributed by atoms with Crippen molar-refractivity contribution in [2.24, 2.45) is 0 Å². The number of aryl methyl sites for hydroxylation is 1. The van der Waals surface area contributed by atoms with Gasteiger partial charge in [-0.15, -0.1) is 0 Å². The molecule has 0 radical (unpaired) electrons. The lowest BCUT2D eigenvalue weighted by molar-refractivity contribution is 0.0526. The minimum absolute atomic E-state index is 0.0543. The summed E-state index contributed by atoms with van der Waals surface area (Å²) < 4.78 is 6.80. The Morgan fingerprint density at radius 3 is 2.38 bits per heavy atom. The van der Waals surface area contributed by atoms with Crippen LogP contribution in [0.5, 0.6) is 0 Å². The van der Waals surface area contributed by atoms with Crippen molar-refractivity contribution in [2.45, 2.75) is 33.2 Å². The molecule has 0 spiro atoms. The van der Waals surface area contributed by atoms with Crippen LogP contribution in [0.1, 0.15) is 42.0 Å². The van der Waals surface area contributed by atoms with Gasteiger partial charge in [-0.25, -0.2) is 9.78 Å². The standard InChI is InChI=1S/C28H29N3O3/c1-4-10-25-29-24-14-9-11-21(26(24)27(32)31(25)23-12-7-6-8-13-23)19-30(3)22-17-15-20(16-18-22)28(33)34-5-2/h6-9,11-18H,4-5,10,19H2,1-3H3. The van der Waals surface area contributed by atoms with Crippen molar-refractivity contribution in [3.05, 3.63) is 100 Å². The summed E-state index contributed by atoms with van der Waals surface area (Å²) in [6.45, 7) is 4.74. The van der Waals surface area contributed by atoms with E-state index in [9.17, 15) is 9.59 Å². The number of aromatic nitrogens is 2. The van der Waals surface area contributed by atoms with Gasteiger partial charge < -0.3 is 9.64 Å². The molecule has 3 aromatic carbocycles. The second-order valence-electron chi connectivity index (χ2n) is 8.19. The van der Waals surface area contributed by atoms with E-state index in [1.54, 1.807) is 23.6 Å². The van der Waals surface area contributed by atoms with E-state index < -0.39 is 0 Å². The second kappa shape index (κ2) is 10.3. The Bertz CT molecular complexity index is 1350. The second-order valence-corrected chi connectivity index (χ2v) is 8.19. The number of anilines is 1. The Morgan fingerprint density at radius 1 is 0.971 bits per heavy atom. The average molecular weight is 456 g/mol. The molecule has 6 nitrogen and oxygen atoms in total. The zero-order valence-electron chi connectivity index (χ0n) is 19.8. The number of benzene rings is 3. The molecule has 34 heavy (non-hydrogen) atoms. The first-order chi connectivity index (χ1) is 16.5. The molecule has 0 N–H and O–H groups in total. The molecule has 0 aliphatic carbocycles. The van der Waals surface area contributed by atoms with E-state index in [2.05, 4.69) is 11.8 Å². The lowest BCUT2D eigenvalue weighted by Gasteiger charge is -2.21. The van der Waals surface area contributed by atoms with E-state index in [1.807, 2.05) is 67.7 Å². The van der Waals surface area contributed by atoms with Gasteiger partial charge in [0.25, 0.3) is 5.56 Å². The van der Waals surface area contributed by atoms with Crippen LogP contribution < -0.4 is 10.5 Å². The average Bonchev–Trinajstić information content (AvgIpc) is 2.85. The maximum absolute atomic E-state index is 13.8. The Kier molecular flexibility index (Phi) is 7.07. The Hall–Kier alpha value is -3.93. The van der Waals surface area contributed by atoms with Crippen molar-refractivity contribution in [2.75, 3.05) is 18.6 Å². The van der Waals surface area contributed by atoms with Gasteiger partial charge in [0, 0.05) is 25.7 Å². The predicted octanol–water partition coefficient (Wildman–Crippen LogP) is 5.15. The molecule has 4 aromatic rings. The van der Waals surface area contributed by atoms with E-state index in [-0.39, 0.29) is 11.5 Å². The fourth-order valence-corrected chi connectivity index (χ4v) is 4.12. The van der Waals surface area contributed by atoms with E-state index in [1.165, 1.54) is 0 Å². The summed E-state index contributed by atoms with van der Waals surface area (Å²) in [5.41, 5.74) is 3.83. The van der Waals surface area contributed by atoms with Crippen molar-refractivity contribution in [1.29, 1.82) is 0 Å². The number of carbonyl (C=O) groups excluding carboxylic acids is 1. The van der Waals surface area contributed by atoms with Crippen LogP contribution in [0, 0.1) is 0 Å². The van der Waals surface area contributed by atoms with Crippen LogP contribution in [0.4, 0.5) is 5.69 Å². The summed E-state index contributed by atoms with van der Waals surface area (Å²) in [6, 6.07) is 22.8. The summed E-state index contributed by atoms with van der Waals surface area (Å²) >= 11 is 0. The first-order valence-corrected chi connectivity index (χ1v) is 11.6. The third kappa shape index (κ3) is 4.71. The van der Waals surface area contributed by atoms with Crippen LogP contribution in [0.15, 0.2) is 77.6 Å². The number of para-hydroxylation sites is 1. The summed E-state index contributed by atoms with van der Waals surface area (Å²) in [5.74, 6) is 0.437. The first-order valence-electron chi connectivity index (χ1n) is 11.6. The molecular formula is C28H29N3O3. The number of fused-ring (bicyclic) bond motifs is 1. The number of ether oxygens (including phenoxy) is 1. The number of rotatable bonds is 8. The highest BCUT2D eigenvalue weighted by Crippen LogP contribution is 2.22. The van der Waals surface area contributed by atoms with Crippen LogP contribution >= 0.6 is 0 Å². The van der Waals surface area contributed by atoms with Gasteiger partial charge in [0.2, 0.25) is 0 Å². The number of hydrogen-bond donors (Lipinski definition) is 0. The number of esters is 1. The molecule has 0 saturated heterocycles. The lowest BCUT2D eigenvalue weighted by atomic mass is 10.1. The molecule has 0 bridgehead atoms. The molecule has 0 aliphatic heterocycles. The van der Waals surface area contributed by atoms with E-state index in [0.717, 1.165) is 35.6 Å². The Labute approximate surface area is 199 Å². The van der Waals surface area contributed by atoms with Crippen molar-refractivity contribution in [1.82, 2.24) is 9.55 Å². The lowest BCUT2D eigenvalue weighted by Crippen LogP contribution is -2.26. The summed E-state index contributed by atoms with van der Waals surface area (Å²) in [7, 11) is 1.97. The van der Waals surface area contributed by atoms with Crippen molar-refractivity contribution >= 4 is 22.6 Å². The first kappa shape index (κ1) is 23.2. The number of hydrogen-bond acceptors (Lipinski definition) is 5. The fourth-order valence-electron chi connectivity index (χ4n) is 4.12. The summed E-state index contributed by atoms with van der Waals surface area (Å²) in [5, 5.41) is 0.626. The molecule has 0 saturated carbocycles. The van der Waals surface area contributed by atoms with Gasteiger partial charge in [0.15, 0.2) is 0 Å². The fraction of sp³-hybridized carbons (Fsp3) is 0.250. The molecule has 1 heterocycles. The topological polar surface area (TPSA) is 64.4 Å². The van der Waals surface area contributed by atoms with Gasteiger partial charge in [0.05, 0.1) is 28.8 Å². The van der Waals surface area contributed by atoms with Gasteiger partial charge in [-0.05, 0) is 61.4 Å². The van der Waals surface area contributed by atoms with Crippen LogP contribution in [-0.4, -0.2) is 29.2 Å². The van der Waals surface area contributed by atoms with Crippen LogP contribution in [0.2, 0.25) is 0 Å². The highest BCUT2D eigenvalue weighted by atomic mass is 16.5. The maximum atomic E-state index is 13.8. The molecule has 6 heteroatoms. The zero-order chi connectivity index (χ0) is 24.1. The van der Waals surface area contributed by atoms with Gasteiger partial charge in [0.1, 0.15) is 5.82 Å². The highest BCUT2D eigenvalue weighted by Gasteiger charge is 2.16. The molecule has 174 valence electrons. The smallest absolute Gasteiger partial charge is 0.338 e. The van der Waals surface area contributed by atoms with Gasteiger partial charge >= 0.3 is 5.97 Å². The zero-order valence-corrected chi connectivity index (χ0v) is 19.8. The predicted molar refractivity (Wildman–Crippen MR) is 136 cm³/mol. The minimum atomic E-state index is -0.332. The van der Waals surface area contributed by atoms with Crippen LogP contribution in [0.25, 0.3) is 16.6 Å². The minimum Gasteiger partial charge on any atom is -0.462 e. The molecular weight excluding hydrogens is 426 g/mol. The van der Waals surface area contributed by atoms with E-state index in [4.69, 9.17) is 9.72 Å².